The van der Waals surface area contributed by atoms with Gasteiger partial charge in [0.1, 0.15) is 18.2 Å². The number of aryl methyl sites for hydroxylation is 1. The van der Waals surface area contributed by atoms with Crippen LogP contribution in [-0.4, -0.2) is 27.3 Å². The van der Waals surface area contributed by atoms with Crippen molar-refractivity contribution in [1.29, 1.82) is 0 Å². The number of hydrogen-bond acceptors (Lipinski definition) is 6. The van der Waals surface area contributed by atoms with Crippen molar-refractivity contribution in [2.75, 3.05) is 6.61 Å². The van der Waals surface area contributed by atoms with E-state index in [0.29, 0.717) is 41.7 Å². The molecule has 32 heavy (non-hydrogen) atoms. The Morgan fingerprint density at radius 1 is 1.06 bits per heavy atom. The molecule has 8 heteroatoms. The highest BCUT2D eigenvalue weighted by molar-refractivity contribution is 8.18. The Balaban J connectivity index is 1.41. The first-order valence-corrected chi connectivity index (χ1v) is 11.0. The first-order valence-electron chi connectivity index (χ1n) is 10.2. The molecule has 1 saturated heterocycles. The van der Waals surface area contributed by atoms with Gasteiger partial charge in [-0.2, -0.15) is 0 Å². The lowest BCUT2D eigenvalue weighted by Gasteiger charge is -2.13. The lowest BCUT2D eigenvalue weighted by atomic mass is 10.1. The van der Waals surface area contributed by atoms with E-state index in [4.69, 9.17) is 4.74 Å². The molecule has 1 aliphatic heterocycles. The zero-order valence-electron chi connectivity index (χ0n) is 17.4. The number of thioether (sulfide) groups is 1. The Kier molecular flexibility index (Phi) is 6.51. The third-order valence-electron chi connectivity index (χ3n) is 4.88. The molecular formula is C24H21N3O4S. The van der Waals surface area contributed by atoms with Gasteiger partial charge in [-0.05, 0) is 35.5 Å². The molecule has 1 aromatic heterocycles. The van der Waals surface area contributed by atoms with Crippen LogP contribution in [0.5, 0.6) is 5.75 Å². The Hall–Kier alpha value is -3.65. The smallest absolute Gasteiger partial charge is 0.290 e. The molecule has 0 radical (unpaired) electrons. The van der Waals surface area contributed by atoms with Crippen molar-refractivity contribution in [3.63, 3.8) is 0 Å². The van der Waals surface area contributed by atoms with E-state index in [0.717, 1.165) is 22.9 Å². The van der Waals surface area contributed by atoms with Gasteiger partial charge < -0.3 is 4.74 Å². The van der Waals surface area contributed by atoms with Gasteiger partial charge in [0.2, 0.25) is 0 Å². The van der Waals surface area contributed by atoms with E-state index in [1.54, 1.807) is 41.0 Å². The summed E-state index contributed by atoms with van der Waals surface area (Å²) in [5.74, 6) is 0.972. The molecule has 0 bridgehead atoms. The summed E-state index contributed by atoms with van der Waals surface area (Å²) < 4.78 is 7.43. The van der Waals surface area contributed by atoms with Gasteiger partial charge in [-0.25, -0.2) is 4.98 Å². The molecule has 0 saturated carbocycles. The average molecular weight is 448 g/mol. The van der Waals surface area contributed by atoms with Gasteiger partial charge in [-0.1, -0.05) is 49.4 Å². The minimum atomic E-state index is -0.385. The van der Waals surface area contributed by atoms with Crippen molar-refractivity contribution in [1.82, 2.24) is 14.9 Å². The Morgan fingerprint density at radius 2 is 1.81 bits per heavy atom. The van der Waals surface area contributed by atoms with Gasteiger partial charge in [-0.15, -0.1) is 0 Å². The summed E-state index contributed by atoms with van der Waals surface area (Å²) in [5, 5.41) is 1.86. The van der Waals surface area contributed by atoms with Crippen LogP contribution in [0.2, 0.25) is 0 Å². The number of hydrogen-bond donors (Lipinski definition) is 1. The fourth-order valence-corrected chi connectivity index (χ4v) is 3.99. The zero-order valence-corrected chi connectivity index (χ0v) is 18.2. The number of benzene rings is 2. The molecule has 1 fully saturated rings. The predicted molar refractivity (Wildman–Crippen MR) is 124 cm³/mol. The number of nitrogens with one attached hydrogen (secondary N) is 1. The summed E-state index contributed by atoms with van der Waals surface area (Å²) in [6.07, 6.45) is 2.29. The fraction of sp³-hybridized carbons (Fsp3) is 0.167. The topological polar surface area (TPSA) is 90.3 Å². The quantitative estimate of drug-likeness (QED) is 0.553. The summed E-state index contributed by atoms with van der Waals surface area (Å²) in [5.41, 5.74) is 2.26. The van der Waals surface area contributed by atoms with Crippen molar-refractivity contribution >= 4 is 29.0 Å². The minimum absolute atomic E-state index is 0.108. The van der Waals surface area contributed by atoms with Crippen LogP contribution in [0.1, 0.15) is 18.3 Å². The van der Waals surface area contributed by atoms with Gasteiger partial charge in [0.15, 0.2) is 0 Å². The fourth-order valence-electron chi connectivity index (χ4n) is 3.31. The second kappa shape index (κ2) is 9.65. The number of nitrogens with zero attached hydrogens (tertiary/aromatic N) is 2. The first-order chi connectivity index (χ1) is 15.5. The maximum Gasteiger partial charge on any atom is 0.290 e. The van der Waals surface area contributed by atoms with Gasteiger partial charge in [0.25, 0.3) is 16.7 Å². The molecule has 2 heterocycles. The van der Waals surface area contributed by atoms with Gasteiger partial charge in [-0.3, -0.25) is 24.3 Å². The standard InChI is InChI=1S/C24H21N3O4S/c1-2-21-25-19(17-6-4-3-5-7-17)15-22(28)27(21)12-13-31-18-10-8-16(9-11-18)14-20-23(29)26-24(30)32-20/h3-11,14-15H,2,12-13H2,1H3,(H,26,29,30)/b20-14+. The molecule has 3 aromatic rings. The molecule has 2 amide bonds. The summed E-state index contributed by atoms with van der Waals surface area (Å²) >= 11 is 0.880. The second-order valence-corrected chi connectivity index (χ2v) is 8.05. The number of amides is 2. The van der Waals surface area contributed by atoms with Crippen molar-refractivity contribution in [2.45, 2.75) is 19.9 Å². The molecule has 1 aliphatic rings. The minimum Gasteiger partial charge on any atom is -0.492 e. The molecule has 7 nitrogen and oxygen atoms in total. The predicted octanol–water partition coefficient (Wildman–Crippen LogP) is 3.88. The van der Waals surface area contributed by atoms with Crippen LogP contribution in [0.4, 0.5) is 4.79 Å². The lowest BCUT2D eigenvalue weighted by molar-refractivity contribution is -0.115. The summed E-state index contributed by atoms with van der Waals surface area (Å²) in [6, 6.07) is 18.4. The van der Waals surface area contributed by atoms with Crippen LogP contribution in [0, 0.1) is 0 Å². The largest absolute Gasteiger partial charge is 0.492 e. The molecule has 1 N–H and O–H groups in total. The van der Waals surface area contributed by atoms with Gasteiger partial charge in [0, 0.05) is 18.1 Å². The average Bonchev–Trinajstić information content (AvgIpc) is 3.12. The Labute approximate surface area is 189 Å². The lowest BCUT2D eigenvalue weighted by Crippen LogP contribution is -2.27. The van der Waals surface area contributed by atoms with E-state index in [1.165, 1.54) is 0 Å². The van der Waals surface area contributed by atoms with Crippen LogP contribution in [-0.2, 0) is 17.8 Å². The monoisotopic (exact) mass is 447 g/mol. The Morgan fingerprint density at radius 3 is 2.47 bits per heavy atom. The first kappa shape index (κ1) is 21.6. The molecule has 2 aromatic carbocycles. The third-order valence-corrected chi connectivity index (χ3v) is 5.69. The number of aromatic nitrogens is 2. The van der Waals surface area contributed by atoms with E-state index < -0.39 is 0 Å². The number of ether oxygens (including phenoxy) is 1. The van der Waals surface area contributed by atoms with E-state index in [2.05, 4.69) is 10.3 Å². The number of rotatable bonds is 7. The second-order valence-electron chi connectivity index (χ2n) is 7.04. The van der Waals surface area contributed by atoms with Crippen molar-refractivity contribution in [3.8, 4) is 17.0 Å². The van der Waals surface area contributed by atoms with E-state index in [-0.39, 0.29) is 16.7 Å². The van der Waals surface area contributed by atoms with Crippen LogP contribution in [0.15, 0.2) is 70.4 Å². The molecule has 0 spiro atoms. The maximum atomic E-state index is 12.7. The van der Waals surface area contributed by atoms with Gasteiger partial charge >= 0.3 is 0 Å². The van der Waals surface area contributed by atoms with E-state index >= 15 is 0 Å². The Bertz CT molecular complexity index is 1230. The summed E-state index contributed by atoms with van der Waals surface area (Å²) in [6.45, 7) is 2.67. The van der Waals surface area contributed by atoms with E-state index in [1.807, 2.05) is 37.3 Å². The molecular weight excluding hydrogens is 426 g/mol. The van der Waals surface area contributed by atoms with Crippen LogP contribution in [0.25, 0.3) is 17.3 Å². The number of carbonyl (C=O) groups is 2. The molecule has 0 atom stereocenters. The highest BCUT2D eigenvalue weighted by Crippen LogP contribution is 2.26. The summed E-state index contributed by atoms with van der Waals surface area (Å²) in [7, 11) is 0. The molecule has 0 unspecified atom stereocenters. The zero-order chi connectivity index (χ0) is 22.5. The third kappa shape index (κ3) is 4.97. The highest BCUT2D eigenvalue weighted by Gasteiger charge is 2.24. The van der Waals surface area contributed by atoms with Crippen LogP contribution < -0.4 is 15.6 Å². The van der Waals surface area contributed by atoms with Crippen molar-refractivity contribution < 1.29 is 14.3 Å². The maximum absolute atomic E-state index is 12.7. The summed E-state index contributed by atoms with van der Waals surface area (Å²) in [4.78, 5) is 40.6. The number of carbonyl (C=O) groups excluding carboxylic acids is 2. The SMILES string of the molecule is CCc1nc(-c2ccccc2)cc(=O)n1CCOc1ccc(/C=C2/SC(=O)NC2=O)cc1. The molecule has 4 rings (SSSR count). The van der Waals surface area contributed by atoms with Crippen molar-refractivity contribution in [2.24, 2.45) is 0 Å². The molecule has 162 valence electrons. The molecule has 0 aliphatic carbocycles. The number of imide groups is 1. The normalized spacial score (nSPS) is 14.6. The van der Waals surface area contributed by atoms with Crippen LogP contribution in [0.3, 0.4) is 0 Å². The van der Waals surface area contributed by atoms with Crippen molar-refractivity contribution in [3.05, 3.63) is 87.3 Å². The van der Waals surface area contributed by atoms with Gasteiger partial charge in [0.05, 0.1) is 17.1 Å². The highest BCUT2D eigenvalue weighted by atomic mass is 32.2. The van der Waals surface area contributed by atoms with E-state index in [9.17, 15) is 14.4 Å². The van der Waals surface area contributed by atoms with Crippen LogP contribution >= 0.6 is 11.8 Å².